The summed E-state index contributed by atoms with van der Waals surface area (Å²) in [5.41, 5.74) is 0.514. The van der Waals surface area contributed by atoms with E-state index in [-0.39, 0.29) is 5.78 Å². The summed E-state index contributed by atoms with van der Waals surface area (Å²) in [5, 5.41) is 18.1. The number of Topliss-reactive ketones (excluding diaryl/α,β-unsaturated/α-hetero) is 1. The summed E-state index contributed by atoms with van der Waals surface area (Å²) in [6, 6.07) is 8.39. The van der Waals surface area contributed by atoms with Crippen molar-refractivity contribution in [2.45, 2.75) is 18.9 Å². The monoisotopic (exact) mass is 208 g/mol. The van der Waals surface area contributed by atoms with Crippen molar-refractivity contribution >= 4 is 11.8 Å². The molecule has 0 heterocycles. The summed E-state index contributed by atoms with van der Waals surface area (Å²) in [6.07, 6.45) is -1.69. The summed E-state index contributed by atoms with van der Waals surface area (Å²) in [5.74, 6) is -2.75. The van der Waals surface area contributed by atoms with E-state index in [1.165, 1.54) is 6.92 Å². The SMILES string of the molecule is CC(=O)C(c1ccccc1)C(O)C(=O)O. The third kappa shape index (κ3) is 2.63. The molecule has 0 spiro atoms. The van der Waals surface area contributed by atoms with Gasteiger partial charge in [-0.1, -0.05) is 30.3 Å². The minimum Gasteiger partial charge on any atom is -0.479 e. The molecule has 0 aliphatic heterocycles. The smallest absolute Gasteiger partial charge is 0.333 e. The summed E-state index contributed by atoms with van der Waals surface area (Å²) in [6.45, 7) is 1.27. The first-order valence-electron chi connectivity index (χ1n) is 4.50. The molecule has 1 rings (SSSR count). The Balaban J connectivity index is 3.04. The van der Waals surface area contributed by atoms with Crippen LogP contribution in [0.3, 0.4) is 0 Å². The van der Waals surface area contributed by atoms with E-state index in [2.05, 4.69) is 0 Å². The summed E-state index contributed by atoms with van der Waals surface area (Å²) in [4.78, 5) is 21.9. The fourth-order valence-electron chi connectivity index (χ4n) is 1.44. The zero-order valence-corrected chi connectivity index (χ0v) is 8.25. The number of carbonyl (C=O) groups excluding carboxylic acids is 1. The van der Waals surface area contributed by atoms with Gasteiger partial charge in [0.2, 0.25) is 0 Å². The Bertz CT molecular complexity index is 358. The van der Waals surface area contributed by atoms with Gasteiger partial charge in [-0.3, -0.25) is 4.79 Å². The number of carboxylic acid groups (broad SMARTS) is 1. The molecule has 0 aliphatic rings. The Morgan fingerprint density at radius 3 is 2.13 bits per heavy atom. The standard InChI is InChI=1S/C11H12O4/c1-7(12)9(10(13)11(14)15)8-5-3-2-4-6-8/h2-6,9-10,13H,1H3,(H,14,15). The summed E-state index contributed by atoms with van der Waals surface area (Å²) in [7, 11) is 0. The van der Waals surface area contributed by atoms with Gasteiger partial charge in [-0.25, -0.2) is 4.79 Å². The van der Waals surface area contributed by atoms with Gasteiger partial charge >= 0.3 is 5.97 Å². The highest BCUT2D eigenvalue weighted by molar-refractivity contribution is 5.90. The van der Waals surface area contributed by atoms with Crippen LogP contribution in [-0.2, 0) is 9.59 Å². The Morgan fingerprint density at radius 1 is 1.20 bits per heavy atom. The molecule has 0 bridgehead atoms. The molecule has 2 atom stereocenters. The predicted molar refractivity (Wildman–Crippen MR) is 53.5 cm³/mol. The third-order valence-electron chi connectivity index (χ3n) is 2.17. The van der Waals surface area contributed by atoms with E-state index in [1.54, 1.807) is 30.3 Å². The molecule has 2 N–H and O–H groups in total. The lowest BCUT2D eigenvalue weighted by Crippen LogP contribution is -2.31. The van der Waals surface area contributed by atoms with Gasteiger partial charge in [-0.2, -0.15) is 0 Å². The van der Waals surface area contributed by atoms with Crippen molar-refractivity contribution in [1.29, 1.82) is 0 Å². The van der Waals surface area contributed by atoms with Crippen molar-refractivity contribution in [1.82, 2.24) is 0 Å². The van der Waals surface area contributed by atoms with Crippen LogP contribution in [0.1, 0.15) is 18.4 Å². The molecule has 2 unspecified atom stereocenters. The molecule has 1 aromatic carbocycles. The molecule has 4 nitrogen and oxygen atoms in total. The Labute approximate surface area is 87.2 Å². The van der Waals surface area contributed by atoms with E-state index in [9.17, 15) is 14.7 Å². The predicted octanol–water partition coefficient (Wildman–Crippen LogP) is 0.805. The second-order valence-electron chi connectivity index (χ2n) is 3.28. The van der Waals surface area contributed by atoms with Crippen LogP contribution in [0.5, 0.6) is 0 Å². The maximum Gasteiger partial charge on any atom is 0.333 e. The van der Waals surface area contributed by atoms with Crippen molar-refractivity contribution in [3.8, 4) is 0 Å². The fourth-order valence-corrected chi connectivity index (χ4v) is 1.44. The van der Waals surface area contributed by atoms with Crippen molar-refractivity contribution in [3.05, 3.63) is 35.9 Å². The highest BCUT2D eigenvalue weighted by atomic mass is 16.4. The second kappa shape index (κ2) is 4.70. The van der Waals surface area contributed by atoms with E-state index in [1.807, 2.05) is 0 Å². The van der Waals surface area contributed by atoms with Gasteiger partial charge in [0, 0.05) is 0 Å². The van der Waals surface area contributed by atoms with Gasteiger partial charge < -0.3 is 10.2 Å². The van der Waals surface area contributed by atoms with Gasteiger partial charge in [0.1, 0.15) is 5.78 Å². The molecule has 0 fully saturated rings. The highest BCUT2D eigenvalue weighted by Crippen LogP contribution is 2.20. The first-order chi connectivity index (χ1) is 7.04. The number of ketones is 1. The lowest BCUT2D eigenvalue weighted by molar-refractivity contribution is -0.150. The maximum atomic E-state index is 11.3. The van der Waals surface area contributed by atoms with E-state index in [0.29, 0.717) is 5.56 Å². The Hall–Kier alpha value is -1.68. The molecule has 0 amide bonds. The van der Waals surface area contributed by atoms with Crippen molar-refractivity contribution in [3.63, 3.8) is 0 Å². The molecule has 0 saturated carbocycles. The molecule has 4 heteroatoms. The Morgan fingerprint density at radius 2 is 1.73 bits per heavy atom. The maximum absolute atomic E-state index is 11.3. The largest absolute Gasteiger partial charge is 0.479 e. The number of hydrogen-bond acceptors (Lipinski definition) is 3. The van der Waals surface area contributed by atoms with Gasteiger partial charge in [0.05, 0.1) is 5.92 Å². The normalized spacial score (nSPS) is 14.3. The number of aliphatic hydroxyl groups excluding tert-OH is 1. The van der Waals surface area contributed by atoms with Crippen LogP contribution in [-0.4, -0.2) is 28.1 Å². The van der Waals surface area contributed by atoms with Gasteiger partial charge in [-0.15, -0.1) is 0 Å². The number of rotatable bonds is 4. The number of carboxylic acids is 1. The molecule has 0 radical (unpaired) electrons. The number of benzene rings is 1. The number of aliphatic carboxylic acids is 1. The first kappa shape index (κ1) is 11.4. The topological polar surface area (TPSA) is 74.6 Å². The molecule has 0 saturated heterocycles. The van der Waals surface area contributed by atoms with E-state index in [0.717, 1.165) is 0 Å². The van der Waals surface area contributed by atoms with Gasteiger partial charge in [0.25, 0.3) is 0 Å². The zero-order chi connectivity index (χ0) is 11.4. The van der Waals surface area contributed by atoms with E-state index < -0.39 is 18.0 Å². The average molecular weight is 208 g/mol. The van der Waals surface area contributed by atoms with Crippen LogP contribution >= 0.6 is 0 Å². The minimum absolute atomic E-state index is 0.365. The van der Waals surface area contributed by atoms with Gasteiger partial charge in [0.15, 0.2) is 6.10 Å². The summed E-state index contributed by atoms with van der Waals surface area (Å²) >= 11 is 0. The minimum atomic E-state index is -1.69. The van der Waals surface area contributed by atoms with E-state index >= 15 is 0 Å². The van der Waals surface area contributed by atoms with Crippen LogP contribution in [0.15, 0.2) is 30.3 Å². The quantitative estimate of drug-likeness (QED) is 0.767. The molecule has 15 heavy (non-hydrogen) atoms. The lowest BCUT2D eigenvalue weighted by Gasteiger charge is -2.17. The fraction of sp³-hybridized carbons (Fsp3) is 0.273. The van der Waals surface area contributed by atoms with Crippen LogP contribution in [0, 0.1) is 0 Å². The summed E-state index contributed by atoms with van der Waals surface area (Å²) < 4.78 is 0. The Kier molecular flexibility index (Phi) is 3.57. The number of carbonyl (C=O) groups is 2. The molecule has 0 aliphatic carbocycles. The molecule has 80 valence electrons. The first-order valence-corrected chi connectivity index (χ1v) is 4.50. The molecule has 0 aromatic heterocycles. The van der Waals surface area contributed by atoms with Crippen molar-refractivity contribution < 1.29 is 19.8 Å². The van der Waals surface area contributed by atoms with E-state index in [4.69, 9.17) is 5.11 Å². The average Bonchev–Trinajstić information content (AvgIpc) is 2.18. The van der Waals surface area contributed by atoms with Crippen LogP contribution in [0.4, 0.5) is 0 Å². The molecular weight excluding hydrogens is 196 g/mol. The number of aliphatic hydroxyl groups is 1. The third-order valence-corrected chi connectivity index (χ3v) is 2.17. The molecule has 1 aromatic rings. The van der Waals surface area contributed by atoms with Crippen LogP contribution in [0.25, 0.3) is 0 Å². The second-order valence-corrected chi connectivity index (χ2v) is 3.28. The van der Waals surface area contributed by atoms with Crippen molar-refractivity contribution in [2.75, 3.05) is 0 Å². The molecular formula is C11H12O4. The van der Waals surface area contributed by atoms with Gasteiger partial charge in [-0.05, 0) is 12.5 Å². The zero-order valence-electron chi connectivity index (χ0n) is 8.25. The van der Waals surface area contributed by atoms with Crippen LogP contribution in [0.2, 0.25) is 0 Å². The van der Waals surface area contributed by atoms with Crippen LogP contribution < -0.4 is 0 Å². The lowest BCUT2D eigenvalue weighted by atomic mass is 9.90. The highest BCUT2D eigenvalue weighted by Gasteiger charge is 2.30. The van der Waals surface area contributed by atoms with Crippen molar-refractivity contribution in [2.24, 2.45) is 0 Å². The number of hydrogen-bond donors (Lipinski definition) is 2.